The van der Waals surface area contributed by atoms with Crippen LogP contribution in [0.1, 0.15) is 13.3 Å². The number of anilines is 2. The molecule has 7 nitrogen and oxygen atoms in total. The topological polar surface area (TPSA) is 84.9 Å². The molecule has 0 unspecified atom stereocenters. The van der Waals surface area contributed by atoms with E-state index in [0.717, 1.165) is 10.6 Å². The molecule has 144 valence electrons. The molecule has 27 heavy (non-hydrogen) atoms. The van der Waals surface area contributed by atoms with Crippen molar-refractivity contribution in [1.29, 1.82) is 0 Å². The summed E-state index contributed by atoms with van der Waals surface area (Å²) in [6.45, 7) is 2.70. The minimum absolute atomic E-state index is 0.318. The number of ether oxygens (including phenoxy) is 2. The number of carbonyl (C=O) groups is 1. The van der Waals surface area contributed by atoms with E-state index >= 15 is 0 Å². The molecule has 0 fully saturated rings. The van der Waals surface area contributed by atoms with Gasteiger partial charge in [-0.15, -0.1) is 0 Å². The van der Waals surface area contributed by atoms with Gasteiger partial charge in [0, 0.05) is 11.8 Å². The zero-order valence-corrected chi connectivity index (χ0v) is 16.0. The average molecular weight is 390 g/mol. The minimum Gasteiger partial charge on any atom is -0.486 e. The largest absolute Gasteiger partial charge is 0.486 e. The minimum atomic E-state index is -3.65. The monoisotopic (exact) mass is 390 g/mol. The molecule has 1 N–H and O–H groups in total. The molecule has 0 radical (unpaired) electrons. The summed E-state index contributed by atoms with van der Waals surface area (Å²) in [5.74, 6) is 0.756. The molecule has 2 aromatic rings. The van der Waals surface area contributed by atoms with Crippen molar-refractivity contribution in [1.82, 2.24) is 0 Å². The summed E-state index contributed by atoms with van der Waals surface area (Å²) in [4.78, 5) is 12.9. The van der Waals surface area contributed by atoms with E-state index in [1.54, 1.807) is 55.5 Å². The molecule has 1 aliphatic heterocycles. The number of nitrogens with zero attached hydrogens (tertiary/aromatic N) is 1. The van der Waals surface area contributed by atoms with E-state index in [1.807, 2.05) is 0 Å². The Labute approximate surface area is 158 Å². The number of nitrogens with one attached hydrogen (secondary N) is 1. The van der Waals surface area contributed by atoms with E-state index < -0.39 is 22.0 Å². The Morgan fingerprint density at radius 2 is 1.78 bits per heavy atom. The van der Waals surface area contributed by atoms with E-state index in [9.17, 15) is 13.2 Å². The summed E-state index contributed by atoms with van der Waals surface area (Å²) < 4.78 is 36.9. The Kier molecular flexibility index (Phi) is 5.55. The molecular weight excluding hydrogens is 368 g/mol. The van der Waals surface area contributed by atoms with Gasteiger partial charge in [0.25, 0.3) is 0 Å². The number of benzene rings is 2. The molecule has 0 aliphatic carbocycles. The number of hydrogen-bond acceptors (Lipinski definition) is 5. The predicted octanol–water partition coefficient (Wildman–Crippen LogP) is 2.64. The van der Waals surface area contributed by atoms with E-state index in [-0.39, 0.29) is 0 Å². The average Bonchev–Trinajstić information content (AvgIpc) is 2.65. The summed E-state index contributed by atoms with van der Waals surface area (Å²) in [5, 5.41) is 2.78. The number of amides is 1. The van der Waals surface area contributed by atoms with Crippen LogP contribution >= 0.6 is 0 Å². The van der Waals surface area contributed by atoms with Gasteiger partial charge in [-0.3, -0.25) is 9.10 Å². The van der Waals surface area contributed by atoms with Crippen LogP contribution in [0, 0.1) is 0 Å². The lowest BCUT2D eigenvalue weighted by Crippen LogP contribution is -2.46. The van der Waals surface area contributed by atoms with Gasteiger partial charge < -0.3 is 14.8 Å². The van der Waals surface area contributed by atoms with Crippen LogP contribution in [0.5, 0.6) is 11.5 Å². The van der Waals surface area contributed by atoms with Crippen molar-refractivity contribution in [2.75, 3.05) is 29.1 Å². The van der Waals surface area contributed by atoms with E-state index in [1.165, 1.54) is 0 Å². The van der Waals surface area contributed by atoms with Crippen molar-refractivity contribution >= 4 is 27.3 Å². The summed E-state index contributed by atoms with van der Waals surface area (Å²) in [7, 11) is -3.65. The Bertz CT molecular complexity index is 915. The smallest absolute Gasteiger partial charge is 0.248 e. The number of sulfonamides is 1. The number of hydrogen-bond donors (Lipinski definition) is 1. The first-order valence-electron chi connectivity index (χ1n) is 8.65. The quantitative estimate of drug-likeness (QED) is 0.820. The van der Waals surface area contributed by atoms with Crippen LogP contribution in [0.3, 0.4) is 0 Å². The lowest BCUT2D eigenvalue weighted by molar-refractivity contribution is -0.117. The van der Waals surface area contributed by atoms with Gasteiger partial charge in [-0.05, 0) is 30.7 Å². The predicted molar refractivity (Wildman–Crippen MR) is 104 cm³/mol. The summed E-state index contributed by atoms with van der Waals surface area (Å²) in [6.07, 6.45) is 1.42. The van der Waals surface area contributed by atoms with Gasteiger partial charge in [0.1, 0.15) is 19.3 Å². The van der Waals surface area contributed by atoms with Gasteiger partial charge in [0.2, 0.25) is 15.9 Å². The van der Waals surface area contributed by atoms with Gasteiger partial charge in [-0.1, -0.05) is 25.1 Å². The van der Waals surface area contributed by atoms with Crippen LogP contribution in [0.4, 0.5) is 11.4 Å². The third kappa shape index (κ3) is 4.33. The molecule has 1 aliphatic rings. The molecule has 8 heteroatoms. The lowest BCUT2D eigenvalue weighted by atomic mass is 10.1. The van der Waals surface area contributed by atoms with Gasteiger partial charge in [-0.25, -0.2) is 8.42 Å². The Balaban J connectivity index is 1.86. The molecule has 1 atom stereocenters. The first-order chi connectivity index (χ1) is 12.9. The van der Waals surface area contributed by atoms with Crippen molar-refractivity contribution in [2.24, 2.45) is 0 Å². The molecule has 3 rings (SSSR count). The Morgan fingerprint density at radius 3 is 2.41 bits per heavy atom. The third-order valence-corrected chi connectivity index (χ3v) is 5.33. The van der Waals surface area contributed by atoms with Gasteiger partial charge in [0.15, 0.2) is 11.5 Å². The van der Waals surface area contributed by atoms with Crippen LogP contribution < -0.4 is 19.1 Å². The summed E-state index contributed by atoms with van der Waals surface area (Å²) in [6, 6.07) is 12.8. The number of carbonyl (C=O) groups excluding carboxylic acids is 1. The third-order valence-electron chi connectivity index (χ3n) is 4.15. The van der Waals surface area contributed by atoms with E-state index in [4.69, 9.17) is 9.47 Å². The number of fused-ring (bicyclic) bond motifs is 1. The second kappa shape index (κ2) is 7.87. The zero-order chi connectivity index (χ0) is 19.4. The van der Waals surface area contributed by atoms with Crippen molar-refractivity contribution < 1.29 is 22.7 Å². The Morgan fingerprint density at radius 1 is 1.11 bits per heavy atom. The van der Waals surface area contributed by atoms with Crippen LogP contribution in [0.15, 0.2) is 48.5 Å². The molecule has 0 saturated carbocycles. The van der Waals surface area contributed by atoms with Gasteiger partial charge in [-0.2, -0.15) is 0 Å². The number of para-hydroxylation sites is 1. The molecular formula is C19H22N2O5S. The number of rotatable bonds is 6. The van der Waals surface area contributed by atoms with Gasteiger partial charge >= 0.3 is 0 Å². The molecule has 0 bridgehead atoms. The standard InChI is InChI=1S/C19H22N2O5S/c1-3-16(21(27(2,23)24)15-7-5-4-6-8-15)19(22)20-14-9-10-17-18(13-14)26-12-11-25-17/h4-10,13,16H,3,11-12H2,1-2H3,(H,20,22)/t16-/m0/s1. The van der Waals surface area contributed by atoms with Gasteiger partial charge in [0.05, 0.1) is 11.9 Å². The fraction of sp³-hybridized carbons (Fsp3) is 0.316. The normalized spacial score (nSPS) is 14.3. The SMILES string of the molecule is CC[C@@H](C(=O)Nc1ccc2c(c1)OCCO2)N(c1ccccc1)S(C)(=O)=O. The second-order valence-electron chi connectivity index (χ2n) is 6.17. The molecule has 1 heterocycles. The lowest BCUT2D eigenvalue weighted by Gasteiger charge is -2.30. The van der Waals surface area contributed by atoms with Crippen LogP contribution in [-0.2, 0) is 14.8 Å². The molecule has 0 aromatic heterocycles. The molecule has 0 saturated heterocycles. The highest BCUT2D eigenvalue weighted by Gasteiger charge is 2.31. The van der Waals surface area contributed by atoms with Crippen molar-refractivity contribution in [2.45, 2.75) is 19.4 Å². The summed E-state index contributed by atoms with van der Waals surface area (Å²) >= 11 is 0. The maximum Gasteiger partial charge on any atom is 0.248 e. The fourth-order valence-corrected chi connectivity index (χ4v) is 4.19. The van der Waals surface area contributed by atoms with Crippen LogP contribution in [-0.4, -0.2) is 39.8 Å². The first-order valence-corrected chi connectivity index (χ1v) is 10.5. The zero-order valence-electron chi connectivity index (χ0n) is 15.2. The van der Waals surface area contributed by atoms with E-state index in [0.29, 0.717) is 42.5 Å². The van der Waals surface area contributed by atoms with Crippen molar-refractivity contribution in [3.63, 3.8) is 0 Å². The van der Waals surface area contributed by atoms with Crippen molar-refractivity contribution in [3.05, 3.63) is 48.5 Å². The highest BCUT2D eigenvalue weighted by atomic mass is 32.2. The molecule has 2 aromatic carbocycles. The molecule has 0 spiro atoms. The highest BCUT2D eigenvalue weighted by Crippen LogP contribution is 2.33. The van der Waals surface area contributed by atoms with Crippen LogP contribution in [0.2, 0.25) is 0 Å². The van der Waals surface area contributed by atoms with Crippen LogP contribution in [0.25, 0.3) is 0 Å². The Hall–Kier alpha value is -2.74. The first kappa shape index (κ1) is 19.0. The maximum atomic E-state index is 12.9. The maximum absolute atomic E-state index is 12.9. The highest BCUT2D eigenvalue weighted by molar-refractivity contribution is 7.92. The fourth-order valence-electron chi connectivity index (χ4n) is 2.98. The van der Waals surface area contributed by atoms with E-state index in [2.05, 4.69) is 5.32 Å². The second-order valence-corrected chi connectivity index (χ2v) is 8.03. The summed E-state index contributed by atoms with van der Waals surface area (Å²) in [5.41, 5.74) is 0.966. The molecule has 1 amide bonds. The van der Waals surface area contributed by atoms with Crippen molar-refractivity contribution in [3.8, 4) is 11.5 Å².